The molecule has 0 aliphatic carbocycles. The number of benzene rings is 1. The highest BCUT2D eigenvalue weighted by molar-refractivity contribution is 5.93. The maximum Gasteiger partial charge on any atom is 0.196 e. The summed E-state index contributed by atoms with van der Waals surface area (Å²) in [5, 5.41) is 10.7. The van der Waals surface area contributed by atoms with E-state index in [1.54, 1.807) is 11.8 Å². The summed E-state index contributed by atoms with van der Waals surface area (Å²) in [6.07, 6.45) is 4.65. The zero-order valence-corrected chi connectivity index (χ0v) is 15.2. The van der Waals surface area contributed by atoms with Crippen molar-refractivity contribution in [3.8, 4) is 5.75 Å². The standard InChI is InChI=1S/C18H27N5O2/c1-4-19-18(20-12-15-13-21-23(2)14-15)22-16-7-5-8-17(11-16)25-10-6-9-24-3/h5,7-8,11,13-14H,4,6,9-10,12H2,1-3H3,(H2,19,20,22). The van der Waals surface area contributed by atoms with Gasteiger partial charge in [-0.2, -0.15) is 5.10 Å². The summed E-state index contributed by atoms with van der Waals surface area (Å²) in [6, 6.07) is 7.85. The van der Waals surface area contributed by atoms with Crippen LogP contribution in [0.15, 0.2) is 41.7 Å². The van der Waals surface area contributed by atoms with Crippen LogP contribution in [-0.4, -0.2) is 42.6 Å². The molecule has 0 aliphatic heterocycles. The zero-order valence-electron chi connectivity index (χ0n) is 15.2. The SMILES string of the molecule is CCNC(=NCc1cnn(C)c1)Nc1cccc(OCCCOC)c1. The number of aliphatic imine (C=N–C) groups is 1. The van der Waals surface area contributed by atoms with Crippen molar-refractivity contribution in [2.24, 2.45) is 12.0 Å². The Morgan fingerprint density at radius 1 is 1.32 bits per heavy atom. The lowest BCUT2D eigenvalue weighted by Gasteiger charge is -2.12. The second-order valence-electron chi connectivity index (χ2n) is 5.57. The van der Waals surface area contributed by atoms with Crippen molar-refractivity contribution in [3.63, 3.8) is 0 Å². The number of nitrogens with zero attached hydrogens (tertiary/aromatic N) is 3. The monoisotopic (exact) mass is 345 g/mol. The topological polar surface area (TPSA) is 72.7 Å². The number of aromatic nitrogens is 2. The van der Waals surface area contributed by atoms with Crippen LogP contribution in [0.2, 0.25) is 0 Å². The Balaban J connectivity index is 1.95. The summed E-state index contributed by atoms with van der Waals surface area (Å²) >= 11 is 0. The molecule has 2 rings (SSSR count). The quantitative estimate of drug-likeness (QED) is 0.415. The fraction of sp³-hybridized carbons (Fsp3) is 0.444. The number of nitrogens with one attached hydrogen (secondary N) is 2. The van der Waals surface area contributed by atoms with Gasteiger partial charge in [0, 0.05) is 57.2 Å². The molecule has 2 aromatic rings. The summed E-state index contributed by atoms with van der Waals surface area (Å²) in [5.74, 6) is 1.55. The first-order valence-electron chi connectivity index (χ1n) is 8.46. The number of rotatable bonds is 9. The molecule has 136 valence electrons. The van der Waals surface area contributed by atoms with Crippen LogP contribution in [0.1, 0.15) is 18.9 Å². The van der Waals surface area contributed by atoms with Gasteiger partial charge >= 0.3 is 0 Å². The number of methoxy groups -OCH3 is 1. The van der Waals surface area contributed by atoms with E-state index >= 15 is 0 Å². The van der Waals surface area contributed by atoms with Crippen molar-refractivity contribution < 1.29 is 9.47 Å². The van der Waals surface area contributed by atoms with Crippen LogP contribution in [0.3, 0.4) is 0 Å². The van der Waals surface area contributed by atoms with Crippen LogP contribution < -0.4 is 15.4 Å². The molecule has 0 radical (unpaired) electrons. The Morgan fingerprint density at radius 2 is 2.20 bits per heavy atom. The first-order chi connectivity index (χ1) is 12.2. The van der Waals surface area contributed by atoms with Crippen LogP contribution in [0.25, 0.3) is 0 Å². The van der Waals surface area contributed by atoms with Gasteiger partial charge in [0.1, 0.15) is 5.75 Å². The summed E-state index contributed by atoms with van der Waals surface area (Å²) in [5.41, 5.74) is 1.99. The third-order valence-electron chi connectivity index (χ3n) is 3.38. The molecule has 0 saturated carbocycles. The van der Waals surface area contributed by atoms with Crippen LogP contribution in [0.5, 0.6) is 5.75 Å². The second-order valence-corrected chi connectivity index (χ2v) is 5.57. The Bertz CT molecular complexity index is 669. The molecular formula is C18H27N5O2. The summed E-state index contributed by atoms with van der Waals surface area (Å²) in [7, 11) is 3.59. The van der Waals surface area contributed by atoms with Crippen molar-refractivity contribution in [1.82, 2.24) is 15.1 Å². The highest BCUT2D eigenvalue weighted by atomic mass is 16.5. The molecule has 0 bridgehead atoms. The Labute approximate surface area is 149 Å². The molecule has 0 atom stereocenters. The van der Waals surface area contributed by atoms with Gasteiger partial charge in [-0.1, -0.05) is 6.07 Å². The number of hydrogen-bond donors (Lipinski definition) is 2. The van der Waals surface area contributed by atoms with Crippen LogP contribution >= 0.6 is 0 Å². The molecule has 0 saturated heterocycles. The third-order valence-corrected chi connectivity index (χ3v) is 3.38. The van der Waals surface area contributed by atoms with E-state index in [1.165, 1.54) is 0 Å². The smallest absolute Gasteiger partial charge is 0.196 e. The molecule has 1 heterocycles. The summed E-state index contributed by atoms with van der Waals surface area (Å²) in [6.45, 7) is 4.72. The van der Waals surface area contributed by atoms with Gasteiger partial charge in [-0.3, -0.25) is 4.68 Å². The Hall–Kier alpha value is -2.54. The normalized spacial score (nSPS) is 11.4. The molecule has 0 spiro atoms. The van der Waals surface area contributed by atoms with Crippen LogP contribution in [0.4, 0.5) is 5.69 Å². The molecule has 7 heteroatoms. The minimum atomic E-state index is 0.566. The molecular weight excluding hydrogens is 318 g/mol. The average molecular weight is 345 g/mol. The maximum atomic E-state index is 5.73. The molecule has 0 aliphatic rings. The number of guanidine groups is 1. The first-order valence-corrected chi connectivity index (χ1v) is 8.46. The van der Waals surface area contributed by atoms with Gasteiger partial charge in [0.15, 0.2) is 5.96 Å². The molecule has 0 unspecified atom stereocenters. The molecule has 25 heavy (non-hydrogen) atoms. The fourth-order valence-corrected chi connectivity index (χ4v) is 2.22. The minimum Gasteiger partial charge on any atom is -0.493 e. The lowest BCUT2D eigenvalue weighted by Crippen LogP contribution is -2.30. The maximum absolute atomic E-state index is 5.73. The van der Waals surface area contributed by atoms with E-state index in [4.69, 9.17) is 9.47 Å². The van der Waals surface area contributed by atoms with Gasteiger partial charge in [0.25, 0.3) is 0 Å². The van der Waals surface area contributed by atoms with Gasteiger partial charge in [-0.05, 0) is 19.1 Å². The van der Waals surface area contributed by atoms with Crippen molar-refractivity contribution in [2.45, 2.75) is 19.9 Å². The average Bonchev–Trinajstić information content (AvgIpc) is 3.03. The Morgan fingerprint density at radius 3 is 2.92 bits per heavy atom. The largest absolute Gasteiger partial charge is 0.493 e. The number of hydrogen-bond acceptors (Lipinski definition) is 4. The summed E-state index contributed by atoms with van der Waals surface area (Å²) in [4.78, 5) is 4.59. The van der Waals surface area contributed by atoms with E-state index < -0.39 is 0 Å². The summed E-state index contributed by atoms with van der Waals surface area (Å²) < 4.78 is 12.5. The lowest BCUT2D eigenvalue weighted by molar-refractivity contribution is 0.172. The molecule has 1 aromatic carbocycles. The van der Waals surface area contributed by atoms with E-state index in [2.05, 4.69) is 20.7 Å². The predicted molar refractivity (Wildman–Crippen MR) is 100 cm³/mol. The van der Waals surface area contributed by atoms with E-state index in [-0.39, 0.29) is 0 Å². The minimum absolute atomic E-state index is 0.566. The van der Waals surface area contributed by atoms with Gasteiger partial charge in [0.05, 0.1) is 19.3 Å². The molecule has 7 nitrogen and oxygen atoms in total. The molecule has 0 fully saturated rings. The van der Waals surface area contributed by atoms with Crippen LogP contribution in [-0.2, 0) is 18.3 Å². The van der Waals surface area contributed by atoms with Gasteiger partial charge < -0.3 is 20.1 Å². The van der Waals surface area contributed by atoms with Crippen molar-refractivity contribution in [2.75, 3.05) is 32.2 Å². The lowest BCUT2D eigenvalue weighted by atomic mass is 10.3. The molecule has 1 aromatic heterocycles. The van der Waals surface area contributed by atoms with Gasteiger partial charge in [-0.25, -0.2) is 4.99 Å². The predicted octanol–water partition coefficient (Wildman–Crippen LogP) is 2.41. The van der Waals surface area contributed by atoms with Crippen molar-refractivity contribution in [1.29, 1.82) is 0 Å². The number of anilines is 1. The third kappa shape index (κ3) is 6.84. The highest BCUT2D eigenvalue weighted by Crippen LogP contribution is 2.17. The van der Waals surface area contributed by atoms with E-state index in [0.717, 1.165) is 35.9 Å². The van der Waals surface area contributed by atoms with Crippen molar-refractivity contribution in [3.05, 3.63) is 42.2 Å². The zero-order chi connectivity index (χ0) is 17.9. The molecule has 0 amide bonds. The van der Waals surface area contributed by atoms with E-state index in [0.29, 0.717) is 19.8 Å². The fourth-order valence-electron chi connectivity index (χ4n) is 2.22. The number of aryl methyl sites for hydroxylation is 1. The second kappa shape index (κ2) is 10.4. The Kier molecular flexibility index (Phi) is 7.78. The van der Waals surface area contributed by atoms with Crippen molar-refractivity contribution >= 4 is 11.6 Å². The number of ether oxygens (including phenoxy) is 2. The van der Waals surface area contributed by atoms with E-state index in [9.17, 15) is 0 Å². The highest BCUT2D eigenvalue weighted by Gasteiger charge is 2.02. The van der Waals surface area contributed by atoms with Gasteiger partial charge in [-0.15, -0.1) is 0 Å². The first kappa shape index (κ1) is 18.8. The van der Waals surface area contributed by atoms with Gasteiger partial charge in [0.2, 0.25) is 0 Å². The molecule has 2 N–H and O–H groups in total. The van der Waals surface area contributed by atoms with E-state index in [1.807, 2.05) is 50.6 Å². The van der Waals surface area contributed by atoms with Crippen LogP contribution in [0, 0.1) is 0 Å².